The van der Waals surface area contributed by atoms with Crippen molar-refractivity contribution in [3.63, 3.8) is 0 Å². The number of carbonyl (C=O) groups is 1. The minimum atomic E-state index is 0.0182. The highest BCUT2D eigenvalue weighted by Crippen LogP contribution is 2.21. The zero-order chi connectivity index (χ0) is 11.3. The Hall–Kier alpha value is -0.660. The monoisotopic (exact) mass is 329 g/mol. The molecule has 0 atom stereocenters. The molecule has 1 heterocycles. The minimum absolute atomic E-state index is 0.0182. The molecular weight excluding hydrogens is 322 g/mol. The van der Waals surface area contributed by atoms with Gasteiger partial charge in [0.2, 0.25) is 0 Å². The molecule has 1 rings (SSSR count). The molecule has 0 N–H and O–H groups in total. The maximum Gasteiger partial charge on any atom is 0.182 e. The van der Waals surface area contributed by atoms with Crippen LogP contribution in [0.4, 0.5) is 0 Å². The van der Waals surface area contributed by atoms with E-state index in [4.69, 9.17) is 6.42 Å². The molecule has 1 aromatic heterocycles. The van der Waals surface area contributed by atoms with E-state index in [9.17, 15) is 4.79 Å². The minimum Gasteiger partial charge on any atom is -0.292 e. The Balaban J connectivity index is 2.70. The van der Waals surface area contributed by atoms with Crippen LogP contribution in [0.25, 0.3) is 0 Å². The molecule has 0 amide bonds. The molecule has 0 aliphatic heterocycles. The number of ketones is 1. The lowest BCUT2D eigenvalue weighted by molar-refractivity contribution is 0.0975. The number of unbranched alkanes of at least 4 members (excludes halogenated alkanes) is 1. The van der Waals surface area contributed by atoms with E-state index in [-0.39, 0.29) is 5.78 Å². The largest absolute Gasteiger partial charge is 0.292 e. The lowest BCUT2D eigenvalue weighted by atomic mass is 10.1. The fourth-order valence-corrected chi connectivity index (χ4v) is 2.30. The predicted molar refractivity (Wildman–Crippen MR) is 66.7 cm³/mol. The van der Waals surface area contributed by atoms with Crippen LogP contribution in [0.2, 0.25) is 0 Å². The number of terminal acetylenes is 1. The molecular formula is C11H9Br2NO. The van der Waals surface area contributed by atoms with Crippen molar-refractivity contribution < 1.29 is 4.79 Å². The van der Waals surface area contributed by atoms with Crippen molar-refractivity contribution in [2.75, 3.05) is 0 Å². The van der Waals surface area contributed by atoms with Crippen LogP contribution in [0.3, 0.4) is 0 Å². The summed E-state index contributed by atoms with van der Waals surface area (Å²) in [7, 11) is 0. The van der Waals surface area contributed by atoms with Crippen LogP contribution in [-0.2, 0) is 0 Å². The number of Topliss-reactive ketones (excluding diaryl/α,β-unsaturated/α-hetero) is 1. The maximum atomic E-state index is 11.7. The number of aromatic nitrogens is 1. The summed E-state index contributed by atoms with van der Waals surface area (Å²) in [5.41, 5.74) is 0.468. The van der Waals surface area contributed by atoms with Gasteiger partial charge in [-0.2, -0.15) is 0 Å². The van der Waals surface area contributed by atoms with Crippen LogP contribution in [0.5, 0.6) is 0 Å². The van der Waals surface area contributed by atoms with Gasteiger partial charge in [0.1, 0.15) is 5.69 Å². The first kappa shape index (κ1) is 12.4. The van der Waals surface area contributed by atoms with E-state index in [1.165, 1.54) is 0 Å². The second kappa shape index (κ2) is 6.04. The Labute approximate surface area is 106 Å². The molecule has 15 heavy (non-hydrogen) atoms. The summed E-state index contributed by atoms with van der Waals surface area (Å²) in [6, 6.07) is 1.81. The molecule has 0 saturated heterocycles. The molecule has 4 heteroatoms. The Morgan fingerprint density at radius 3 is 2.87 bits per heavy atom. The van der Waals surface area contributed by atoms with Gasteiger partial charge in [-0.1, -0.05) is 0 Å². The summed E-state index contributed by atoms with van der Waals surface area (Å²) in [6.45, 7) is 0. The van der Waals surface area contributed by atoms with E-state index < -0.39 is 0 Å². The normalized spacial score (nSPS) is 9.67. The molecule has 0 unspecified atom stereocenters. The number of hydrogen-bond acceptors (Lipinski definition) is 2. The number of carbonyl (C=O) groups excluding carboxylic acids is 1. The van der Waals surface area contributed by atoms with E-state index in [1.807, 2.05) is 0 Å². The molecule has 0 saturated carbocycles. The molecule has 0 spiro atoms. The lowest BCUT2D eigenvalue weighted by Crippen LogP contribution is -2.03. The molecule has 0 aliphatic carbocycles. The average molecular weight is 331 g/mol. The van der Waals surface area contributed by atoms with Gasteiger partial charge in [-0.15, -0.1) is 12.3 Å². The predicted octanol–water partition coefficient (Wildman–Crippen LogP) is 3.59. The summed E-state index contributed by atoms with van der Waals surface area (Å²) in [5.74, 6) is 2.52. The van der Waals surface area contributed by atoms with Gasteiger partial charge in [-0.3, -0.25) is 9.78 Å². The van der Waals surface area contributed by atoms with E-state index in [1.54, 1.807) is 12.3 Å². The summed E-state index contributed by atoms with van der Waals surface area (Å²) in [5, 5.41) is 0. The number of pyridine rings is 1. The molecule has 1 aromatic rings. The first-order valence-corrected chi connectivity index (χ1v) is 6.01. The number of nitrogens with zero attached hydrogens (tertiary/aromatic N) is 1. The highest BCUT2D eigenvalue weighted by atomic mass is 79.9. The summed E-state index contributed by atoms with van der Waals surface area (Å²) < 4.78 is 1.55. The Morgan fingerprint density at radius 2 is 2.27 bits per heavy atom. The van der Waals surface area contributed by atoms with Crippen molar-refractivity contribution in [1.82, 2.24) is 4.98 Å². The van der Waals surface area contributed by atoms with Gasteiger partial charge in [0.25, 0.3) is 0 Å². The lowest BCUT2D eigenvalue weighted by Gasteiger charge is -2.02. The third kappa shape index (κ3) is 3.77. The summed E-state index contributed by atoms with van der Waals surface area (Å²) in [6.07, 6.45) is 8.50. The van der Waals surface area contributed by atoms with Crippen molar-refractivity contribution in [3.8, 4) is 12.3 Å². The number of hydrogen-bond donors (Lipinski definition) is 0. The topological polar surface area (TPSA) is 30.0 Å². The van der Waals surface area contributed by atoms with Crippen LogP contribution in [0.15, 0.2) is 21.2 Å². The van der Waals surface area contributed by atoms with Crippen molar-refractivity contribution >= 4 is 37.6 Å². The maximum absolute atomic E-state index is 11.7. The molecule has 0 aliphatic rings. The second-order valence-corrected chi connectivity index (χ2v) is 4.73. The van der Waals surface area contributed by atoms with Crippen LogP contribution in [0, 0.1) is 12.3 Å². The Kier molecular flexibility index (Phi) is 5.00. The van der Waals surface area contributed by atoms with Gasteiger partial charge in [0, 0.05) is 28.0 Å². The quantitative estimate of drug-likeness (QED) is 0.479. The van der Waals surface area contributed by atoms with E-state index in [0.717, 1.165) is 4.47 Å². The van der Waals surface area contributed by atoms with E-state index in [2.05, 4.69) is 42.8 Å². The van der Waals surface area contributed by atoms with E-state index >= 15 is 0 Å². The fraction of sp³-hybridized carbons (Fsp3) is 0.273. The fourth-order valence-electron chi connectivity index (χ4n) is 1.09. The first-order chi connectivity index (χ1) is 7.15. The van der Waals surface area contributed by atoms with Crippen molar-refractivity contribution in [2.45, 2.75) is 19.3 Å². The smallest absolute Gasteiger partial charge is 0.182 e. The number of halogens is 2. The van der Waals surface area contributed by atoms with Gasteiger partial charge in [0.15, 0.2) is 5.78 Å². The molecule has 78 valence electrons. The molecule has 0 radical (unpaired) electrons. The molecule has 0 aromatic carbocycles. The van der Waals surface area contributed by atoms with Crippen LogP contribution < -0.4 is 0 Å². The van der Waals surface area contributed by atoms with Gasteiger partial charge in [0.05, 0.1) is 0 Å². The zero-order valence-corrected chi connectivity index (χ0v) is 11.1. The first-order valence-electron chi connectivity index (χ1n) is 4.43. The van der Waals surface area contributed by atoms with Gasteiger partial charge in [-0.25, -0.2) is 0 Å². The summed E-state index contributed by atoms with van der Waals surface area (Å²) >= 11 is 6.58. The molecule has 0 fully saturated rings. The van der Waals surface area contributed by atoms with Gasteiger partial charge >= 0.3 is 0 Å². The van der Waals surface area contributed by atoms with Crippen molar-refractivity contribution in [2.24, 2.45) is 0 Å². The van der Waals surface area contributed by atoms with Crippen LogP contribution in [0.1, 0.15) is 29.8 Å². The Morgan fingerprint density at radius 1 is 1.53 bits per heavy atom. The van der Waals surface area contributed by atoms with Gasteiger partial charge in [-0.05, 0) is 44.3 Å². The van der Waals surface area contributed by atoms with Crippen molar-refractivity contribution in [1.29, 1.82) is 0 Å². The van der Waals surface area contributed by atoms with E-state index in [0.29, 0.717) is 29.4 Å². The number of rotatable bonds is 4. The van der Waals surface area contributed by atoms with Gasteiger partial charge < -0.3 is 0 Å². The standard InChI is InChI=1S/C11H9Br2NO/c1-2-3-4-5-10(15)11-9(13)6-8(12)7-14-11/h1,6-7H,3-5H2. The molecule has 2 nitrogen and oxygen atoms in total. The highest BCUT2D eigenvalue weighted by Gasteiger charge is 2.11. The SMILES string of the molecule is C#CCCCC(=O)c1ncc(Br)cc1Br. The van der Waals surface area contributed by atoms with Crippen molar-refractivity contribution in [3.05, 3.63) is 26.9 Å². The summed E-state index contributed by atoms with van der Waals surface area (Å²) in [4.78, 5) is 15.7. The van der Waals surface area contributed by atoms with Crippen LogP contribution >= 0.6 is 31.9 Å². The highest BCUT2D eigenvalue weighted by molar-refractivity contribution is 9.11. The average Bonchev–Trinajstić information content (AvgIpc) is 2.17. The third-order valence-electron chi connectivity index (χ3n) is 1.80. The second-order valence-electron chi connectivity index (χ2n) is 2.96. The Bertz CT molecular complexity index is 410. The third-order valence-corrected chi connectivity index (χ3v) is 2.84. The molecule has 0 bridgehead atoms. The van der Waals surface area contributed by atoms with Crippen LogP contribution in [-0.4, -0.2) is 10.8 Å². The zero-order valence-electron chi connectivity index (χ0n) is 7.96.